The van der Waals surface area contributed by atoms with Crippen molar-refractivity contribution in [2.75, 3.05) is 40.9 Å². The Morgan fingerprint density at radius 2 is 2.29 bits per heavy atom. The van der Waals surface area contributed by atoms with Crippen molar-refractivity contribution in [2.24, 2.45) is 11.8 Å². The molecule has 5 nitrogen and oxygen atoms in total. The topological polar surface area (TPSA) is 45.7 Å². The first kappa shape index (κ1) is 15.9. The SMILES string of the molecule is COC[C@@H]1CN(Cc2ccncc2F)C[C@H]1C(=O)N(C)C. The molecule has 0 bridgehead atoms. The number of carbonyl (C=O) groups is 1. The normalized spacial score (nSPS) is 22.5. The first-order valence-corrected chi connectivity index (χ1v) is 7.03. The van der Waals surface area contributed by atoms with Crippen LogP contribution in [0.4, 0.5) is 4.39 Å². The maximum Gasteiger partial charge on any atom is 0.226 e. The van der Waals surface area contributed by atoms with Gasteiger partial charge in [0.1, 0.15) is 5.82 Å². The third-order valence-corrected chi connectivity index (χ3v) is 3.91. The van der Waals surface area contributed by atoms with E-state index < -0.39 is 0 Å². The van der Waals surface area contributed by atoms with Crippen LogP contribution in [0.25, 0.3) is 0 Å². The Kier molecular flexibility index (Phi) is 5.25. The minimum Gasteiger partial charge on any atom is -0.384 e. The summed E-state index contributed by atoms with van der Waals surface area (Å²) in [5.74, 6) is -0.141. The van der Waals surface area contributed by atoms with Crippen LogP contribution in [0.15, 0.2) is 18.5 Å². The first-order valence-electron chi connectivity index (χ1n) is 7.03. The molecule has 21 heavy (non-hydrogen) atoms. The Hall–Kier alpha value is -1.53. The van der Waals surface area contributed by atoms with Crippen molar-refractivity contribution < 1.29 is 13.9 Å². The molecule has 2 rings (SSSR count). The summed E-state index contributed by atoms with van der Waals surface area (Å²) in [5.41, 5.74) is 0.610. The summed E-state index contributed by atoms with van der Waals surface area (Å²) in [7, 11) is 5.16. The number of hydrogen-bond donors (Lipinski definition) is 0. The summed E-state index contributed by atoms with van der Waals surface area (Å²) >= 11 is 0. The van der Waals surface area contributed by atoms with Gasteiger partial charge in [-0.25, -0.2) is 4.39 Å². The molecule has 0 saturated carbocycles. The average Bonchev–Trinajstić information content (AvgIpc) is 2.83. The van der Waals surface area contributed by atoms with Crippen molar-refractivity contribution in [2.45, 2.75) is 6.54 Å². The van der Waals surface area contributed by atoms with E-state index in [-0.39, 0.29) is 23.6 Å². The number of hydrogen-bond acceptors (Lipinski definition) is 4. The molecule has 0 unspecified atom stereocenters. The lowest BCUT2D eigenvalue weighted by molar-refractivity contribution is -0.134. The Balaban J connectivity index is 2.06. The van der Waals surface area contributed by atoms with Gasteiger partial charge in [-0.15, -0.1) is 0 Å². The van der Waals surface area contributed by atoms with E-state index in [1.165, 1.54) is 6.20 Å². The van der Waals surface area contributed by atoms with E-state index in [2.05, 4.69) is 9.88 Å². The molecule has 1 saturated heterocycles. The van der Waals surface area contributed by atoms with E-state index in [1.807, 2.05) is 0 Å². The number of methoxy groups -OCH3 is 1. The largest absolute Gasteiger partial charge is 0.384 e. The van der Waals surface area contributed by atoms with Crippen LogP contribution in [0, 0.1) is 17.7 Å². The van der Waals surface area contributed by atoms with E-state index in [9.17, 15) is 9.18 Å². The highest BCUT2D eigenvalue weighted by molar-refractivity contribution is 5.79. The summed E-state index contributed by atoms with van der Waals surface area (Å²) in [6, 6.07) is 1.68. The predicted octanol–water partition coefficient (Wildman–Crippen LogP) is 1.00. The minimum atomic E-state index is -0.303. The van der Waals surface area contributed by atoms with E-state index >= 15 is 0 Å². The van der Waals surface area contributed by atoms with Gasteiger partial charge in [0.05, 0.1) is 18.7 Å². The molecule has 2 heterocycles. The molecule has 0 radical (unpaired) electrons. The minimum absolute atomic E-state index is 0.0927. The van der Waals surface area contributed by atoms with Crippen molar-refractivity contribution in [3.63, 3.8) is 0 Å². The molecule has 1 aromatic rings. The Morgan fingerprint density at radius 3 is 2.90 bits per heavy atom. The fourth-order valence-corrected chi connectivity index (χ4v) is 2.86. The molecule has 0 N–H and O–H groups in total. The van der Waals surface area contributed by atoms with Crippen LogP contribution < -0.4 is 0 Å². The molecule has 116 valence electrons. The number of likely N-dealkylation sites (tertiary alicyclic amines) is 1. The zero-order valence-electron chi connectivity index (χ0n) is 12.8. The van der Waals surface area contributed by atoms with Crippen LogP contribution in [0.3, 0.4) is 0 Å². The van der Waals surface area contributed by atoms with Crippen LogP contribution in [-0.4, -0.2) is 61.6 Å². The maximum atomic E-state index is 13.7. The standard InChI is InChI=1S/C15H22FN3O2/c1-18(2)15(20)13-9-19(8-12(13)10-21-3)7-11-4-5-17-6-14(11)16/h4-6,12-13H,7-10H2,1-3H3/t12-,13+/m0/s1. The van der Waals surface area contributed by atoms with Gasteiger partial charge in [-0.3, -0.25) is 14.7 Å². The molecule has 2 atom stereocenters. The van der Waals surface area contributed by atoms with Gasteiger partial charge in [0.25, 0.3) is 0 Å². The molecule has 1 amide bonds. The number of halogens is 1. The van der Waals surface area contributed by atoms with Crippen molar-refractivity contribution >= 4 is 5.91 Å². The lowest BCUT2D eigenvalue weighted by Gasteiger charge is -2.20. The number of amides is 1. The molecular weight excluding hydrogens is 273 g/mol. The summed E-state index contributed by atoms with van der Waals surface area (Å²) in [6.07, 6.45) is 2.81. The van der Waals surface area contributed by atoms with Crippen molar-refractivity contribution in [1.82, 2.24) is 14.8 Å². The van der Waals surface area contributed by atoms with Gasteiger partial charge in [0.2, 0.25) is 5.91 Å². The second kappa shape index (κ2) is 6.95. The number of ether oxygens (including phenoxy) is 1. The molecule has 0 aliphatic carbocycles. The zero-order valence-corrected chi connectivity index (χ0v) is 12.8. The Labute approximate surface area is 124 Å². The summed E-state index contributed by atoms with van der Waals surface area (Å²) in [5, 5.41) is 0. The van der Waals surface area contributed by atoms with Gasteiger partial charge in [0, 0.05) is 58.5 Å². The predicted molar refractivity (Wildman–Crippen MR) is 77.0 cm³/mol. The van der Waals surface area contributed by atoms with Crippen molar-refractivity contribution in [3.05, 3.63) is 29.8 Å². The van der Waals surface area contributed by atoms with E-state index in [0.717, 1.165) is 6.54 Å². The summed E-state index contributed by atoms with van der Waals surface area (Å²) in [6.45, 7) is 2.40. The molecule has 1 aliphatic heterocycles. The number of carbonyl (C=O) groups excluding carboxylic acids is 1. The van der Waals surface area contributed by atoms with Crippen molar-refractivity contribution in [3.8, 4) is 0 Å². The van der Waals surface area contributed by atoms with Crippen molar-refractivity contribution in [1.29, 1.82) is 0 Å². The van der Waals surface area contributed by atoms with Crippen LogP contribution in [0.2, 0.25) is 0 Å². The third kappa shape index (κ3) is 3.77. The quantitative estimate of drug-likeness (QED) is 0.813. The molecule has 0 aromatic carbocycles. The fourth-order valence-electron chi connectivity index (χ4n) is 2.86. The Bertz CT molecular complexity index is 496. The summed E-state index contributed by atoms with van der Waals surface area (Å²) in [4.78, 5) is 19.7. The van der Waals surface area contributed by atoms with Gasteiger partial charge >= 0.3 is 0 Å². The van der Waals surface area contributed by atoms with Crippen LogP contribution in [-0.2, 0) is 16.1 Å². The number of nitrogens with zero attached hydrogens (tertiary/aromatic N) is 3. The first-order chi connectivity index (χ1) is 10.0. The Morgan fingerprint density at radius 1 is 1.52 bits per heavy atom. The van der Waals surface area contributed by atoms with Gasteiger partial charge in [-0.05, 0) is 6.07 Å². The van der Waals surface area contributed by atoms with Gasteiger partial charge in [-0.1, -0.05) is 0 Å². The number of aromatic nitrogens is 1. The molecule has 1 fully saturated rings. The molecule has 1 aromatic heterocycles. The van der Waals surface area contributed by atoms with Crippen LogP contribution >= 0.6 is 0 Å². The van der Waals surface area contributed by atoms with Crippen LogP contribution in [0.1, 0.15) is 5.56 Å². The number of rotatable bonds is 5. The number of pyridine rings is 1. The zero-order chi connectivity index (χ0) is 15.4. The smallest absolute Gasteiger partial charge is 0.226 e. The molecular formula is C15H22FN3O2. The maximum absolute atomic E-state index is 13.7. The van der Waals surface area contributed by atoms with Gasteiger partial charge in [0.15, 0.2) is 0 Å². The van der Waals surface area contributed by atoms with E-state index in [4.69, 9.17) is 4.74 Å². The summed E-state index contributed by atoms with van der Waals surface area (Å²) < 4.78 is 18.9. The fraction of sp³-hybridized carbons (Fsp3) is 0.600. The van der Waals surface area contributed by atoms with Gasteiger partial charge < -0.3 is 9.64 Å². The molecule has 0 spiro atoms. The second-order valence-corrected chi connectivity index (χ2v) is 5.72. The highest BCUT2D eigenvalue weighted by atomic mass is 19.1. The van der Waals surface area contributed by atoms with Gasteiger partial charge in [-0.2, -0.15) is 0 Å². The van der Waals surface area contributed by atoms with Crippen LogP contribution in [0.5, 0.6) is 0 Å². The lowest BCUT2D eigenvalue weighted by atomic mass is 9.96. The lowest BCUT2D eigenvalue weighted by Crippen LogP contribution is -2.35. The molecule has 6 heteroatoms. The monoisotopic (exact) mass is 295 g/mol. The van der Waals surface area contributed by atoms with E-state index in [1.54, 1.807) is 38.4 Å². The highest BCUT2D eigenvalue weighted by Crippen LogP contribution is 2.27. The molecule has 1 aliphatic rings. The van der Waals surface area contributed by atoms with E-state index in [0.29, 0.717) is 25.3 Å². The third-order valence-electron chi connectivity index (χ3n) is 3.91. The average molecular weight is 295 g/mol. The highest BCUT2D eigenvalue weighted by Gasteiger charge is 2.38. The second-order valence-electron chi connectivity index (χ2n) is 5.72.